The van der Waals surface area contributed by atoms with Gasteiger partial charge < -0.3 is 5.73 Å². The molecule has 164 valence electrons. The molecule has 2 aromatic carbocycles. The van der Waals surface area contributed by atoms with E-state index in [0.29, 0.717) is 21.5 Å². The molecule has 0 amide bonds. The Morgan fingerprint density at radius 1 is 0.938 bits per heavy atom. The molecule has 1 aliphatic carbocycles. The summed E-state index contributed by atoms with van der Waals surface area (Å²) < 4.78 is 1.85. The number of nitrogens with two attached hydrogens (primary N) is 1. The van der Waals surface area contributed by atoms with E-state index in [1.165, 1.54) is 19.3 Å². The first kappa shape index (κ1) is 21.4. The maximum Gasteiger partial charge on any atom is 0.135 e. The fourth-order valence-corrected chi connectivity index (χ4v) is 5.19. The summed E-state index contributed by atoms with van der Waals surface area (Å²) in [5, 5.41) is 6.27. The van der Waals surface area contributed by atoms with Crippen LogP contribution in [0.5, 0.6) is 0 Å². The van der Waals surface area contributed by atoms with E-state index < -0.39 is 5.54 Å². The van der Waals surface area contributed by atoms with Crippen molar-refractivity contribution in [3.8, 4) is 16.9 Å². The van der Waals surface area contributed by atoms with Gasteiger partial charge in [0.25, 0.3) is 0 Å². The van der Waals surface area contributed by atoms with Gasteiger partial charge in [-0.1, -0.05) is 66.7 Å². The summed E-state index contributed by atoms with van der Waals surface area (Å²) >= 11 is 12.7. The van der Waals surface area contributed by atoms with E-state index in [2.05, 4.69) is 16.9 Å². The summed E-state index contributed by atoms with van der Waals surface area (Å²) in [6.45, 7) is 2.08. The van der Waals surface area contributed by atoms with Crippen LogP contribution in [0.15, 0.2) is 54.9 Å². The average molecular weight is 466 g/mol. The van der Waals surface area contributed by atoms with Crippen LogP contribution >= 0.6 is 23.2 Å². The number of benzene rings is 2. The lowest BCUT2D eigenvalue weighted by Gasteiger charge is -2.36. The zero-order valence-corrected chi connectivity index (χ0v) is 19.4. The predicted octanol–water partition coefficient (Wildman–Crippen LogP) is 6.54. The fraction of sp³-hybridized carbons (Fsp3) is 0.320. The number of hydrogen-bond acceptors (Lipinski definition) is 4. The number of halogens is 2. The second kappa shape index (κ2) is 8.47. The fourth-order valence-electron chi connectivity index (χ4n) is 4.85. The van der Waals surface area contributed by atoms with E-state index in [0.717, 1.165) is 41.0 Å². The van der Waals surface area contributed by atoms with Crippen molar-refractivity contribution in [1.82, 2.24) is 19.7 Å². The summed E-state index contributed by atoms with van der Waals surface area (Å²) in [4.78, 5) is 9.32. The molecule has 2 N–H and O–H groups in total. The molecule has 0 saturated heterocycles. The smallest absolute Gasteiger partial charge is 0.135 e. The Kier molecular flexibility index (Phi) is 5.66. The third kappa shape index (κ3) is 3.68. The van der Waals surface area contributed by atoms with Crippen LogP contribution in [0.1, 0.15) is 44.7 Å². The molecule has 5 nitrogen and oxygen atoms in total. The molecular formula is C25H25Cl2N5. The van der Waals surface area contributed by atoms with Crippen LogP contribution in [-0.2, 0) is 5.54 Å². The van der Waals surface area contributed by atoms with Crippen molar-refractivity contribution in [3.05, 3.63) is 70.6 Å². The first-order chi connectivity index (χ1) is 15.5. The van der Waals surface area contributed by atoms with Crippen molar-refractivity contribution in [2.45, 2.75) is 44.6 Å². The maximum atomic E-state index is 6.98. The number of aromatic nitrogens is 4. The monoisotopic (exact) mass is 465 g/mol. The molecule has 32 heavy (non-hydrogen) atoms. The number of hydrogen-bond donors (Lipinski definition) is 1. The molecule has 1 saturated carbocycles. The average Bonchev–Trinajstić information content (AvgIpc) is 3.20. The third-order valence-corrected chi connectivity index (χ3v) is 7.19. The van der Waals surface area contributed by atoms with E-state index in [1.54, 1.807) is 6.33 Å². The Morgan fingerprint density at radius 3 is 2.38 bits per heavy atom. The van der Waals surface area contributed by atoms with E-state index in [4.69, 9.17) is 34.0 Å². The molecule has 7 heteroatoms. The van der Waals surface area contributed by atoms with E-state index in [9.17, 15) is 0 Å². The van der Waals surface area contributed by atoms with Gasteiger partial charge in [-0.05, 0) is 49.9 Å². The van der Waals surface area contributed by atoms with Gasteiger partial charge in [0.05, 0.1) is 21.9 Å². The highest BCUT2D eigenvalue weighted by atomic mass is 35.5. The molecule has 1 unspecified atom stereocenters. The molecule has 5 rings (SSSR count). The standard InChI is InChI=1S/C25H25Cl2N5/c1-25(28,17-7-3-2-4-8-17)24-22-21(29-15-30-24)23(16-11-13-18(26)14-12-16)32(31-22)20-10-6-5-9-19(20)27/h5-6,9-15,17H,2-4,7-8,28H2,1H3. The Balaban J connectivity index is 1.77. The van der Waals surface area contributed by atoms with Crippen molar-refractivity contribution in [2.24, 2.45) is 11.7 Å². The Hall–Kier alpha value is -2.47. The highest BCUT2D eigenvalue weighted by Crippen LogP contribution is 2.40. The topological polar surface area (TPSA) is 69.6 Å². The van der Waals surface area contributed by atoms with Gasteiger partial charge in [-0.25, -0.2) is 14.6 Å². The zero-order valence-electron chi connectivity index (χ0n) is 17.9. The minimum atomic E-state index is -0.599. The van der Waals surface area contributed by atoms with E-state index >= 15 is 0 Å². The zero-order chi connectivity index (χ0) is 22.3. The van der Waals surface area contributed by atoms with Gasteiger partial charge in [0.1, 0.15) is 23.1 Å². The Morgan fingerprint density at radius 2 is 1.66 bits per heavy atom. The molecule has 1 atom stereocenters. The van der Waals surface area contributed by atoms with Crippen molar-refractivity contribution >= 4 is 34.2 Å². The van der Waals surface area contributed by atoms with Crippen molar-refractivity contribution in [2.75, 3.05) is 0 Å². The van der Waals surface area contributed by atoms with Crippen LogP contribution in [0.25, 0.3) is 28.0 Å². The number of nitrogens with zero attached hydrogens (tertiary/aromatic N) is 4. The minimum Gasteiger partial charge on any atom is -0.320 e. The van der Waals surface area contributed by atoms with E-state index in [1.807, 2.05) is 53.2 Å². The quantitative estimate of drug-likeness (QED) is 0.371. The van der Waals surface area contributed by atoms with Crippen molar-refractivity contribution in [1.29, 1.82) is 0 Å². The first-order valence-electron chi connectivity index (χ1n) is 11.0. The summed E-state index contributed by atoms with van der Waals surface area (Å²) in [6.07, 6.45) is 7.49. The maximum absolute atomic E-state index is 6.98. The normalized spacial score (nSPS) is 16.9. The first-order valence-corrected chi connectivity index (χ1v) is 11.8. The lowest BCUT2D eigenvalue weighted by molar-refractivity contribution is 0.221. The molecule has 1 fully saturated rings. The van der Waals surface area contributed by atoms with Gasteiger partial charge in [-0.2, -0.15) is 5.10 Å². The second-order valence-corrected chi connectivity index (χ2v) is 9.60. The van der Waals surface area contributed by atoms with Gasteiger partial charge in [-0.3, -0.25) is 0 Å². The highest BCUT2D eigenvalue weighted by molar-refractivity contribution is 6.32. The summed E-state index contributed by atoms with van der Waals surface area (Å²) in [5.41, 5.74) is 11.2. The molecule has 2 heterocycles. The molecule has 0 radical (unpaired) electrons. The molecule has 2 aromatic heterocycles. The van der Waals surface area contributed by atoms with Gasteiger partial charge >= 0.3 is 0 Å². The summed E-state index contributed by atoms with van der Waals surface area (Å²) in [7, 11) is 0. The van der Waals surface area contributed by atoms with Crippen molar-refractivity contribution < 1.29 is 0 Å². The third-order valence-electron chi connectivity index (χ3n) is 6.62. The lowest BCUT2D eigenvalue weighted by Crippen LogP contribution is -2.43. The SMILES string of the molecule is CC(N)(c1ncnc2c(-c3ccc(Cl)cc3)n(-c3ccccc3Cl)nc12)C1CCCCC1. The van der Waals surface area contributed by atoms with Gasteiger partial charge in [-0.15, -0.1) is 0 Å². The Labute approximate surface area is 197 Å². The van der Waals surface area contributed by atoms with Gasteiger partial charge in [0.15, 0.2) is 0 Å². The van der Waals surface area contributed by atoms with Crippen LogP contribution in [0.3, 0.4) is 0 Å². The number of para-hydroxylation sites is 1. The molecule has 1 aliphatic rings. The predicted molar refractivity (Wildman–Crippen MR) is 130 cm³/mol. The molecule has 0 aliphatic heterocycles. The van der Waals surface area contributed by atoms with Gasteiger partial charge in [0, 0.05) is 10.6 Å². The van der Waals surface area contributed by atoms with Gasteiger partial charge in [0.2, 0.25) is 0 Å². The largest absolute Gasteiger partial charge is 0.320 e. The minimum absolute atomic E-state index is 0.360. The summed E-state index contributed by atoms with van der Waals surface area (Å²) in [6, 6.07) is 15.3. The van der Waals surface area contributed by atoms with Crippen LogP contribution in [0, 0.1) is 5.92 Å². The van der Waals surface area contributed by atoms with Crippen LogP contribution in [0.2, 0.25) is 10.0 Å². The van der Waals surface area contributed by atoms with Crippen LogP contribution in [0.4, 0.5) is 0 Å². The van der Waals surface area contributed by atoms with Crippen LogP contribution in [-0.4, -0.2) is 19.7 Å². The molecule has 4 aromatic rings. The summed E-state index contributed by atoms with van der Waals surface area (Å²) in [5.74, 6) is 0.360. The number of rotatable bonds is 4. The van der Waals surface area contributed by atoms with Crippen LogP contribution < -0.4 is 5.73 Å². The second-order valence-electron chi connectivity index (χ2n) is 8.76. The Bertz CT molecular complexity index is 1260. The number of fused-ring (bicyclic) bond motifs is 1. The lowest BCUT2D eigenvalue weighted by atomic mass is 9.74. The van der Waals surface area contributed by atoms with Crippen molar-refractivity contribution in [3.63, 3.8) is 0 Å². The van der Waals surface area contributed by atoms with E-state index in [-0.39, 0.29) is 0 Å². The highest BCUT2D eigenvalue weighted by Gasteiger charge is 2.37. The molecule has 0 bridgehead atoms. The molecular weight excluding hydrogens is 441 g/mol. The molecule has 0 spiro atoms.